The van der Waals surface area contributed by atoms with Crippen molar-refractivity contribution in [1.82, 2.24) is 10.2 Å². The van der Waals surface area contributed by atoms with E-state index in [2.05, 4.69) is 29.3 Å². The Morgan fingerprint density at radius 2 is 1.94 bits per heavy atom. The Hall–Kier alpha value is -1.94. The van der Waals surface area contributed by atoms with Gasteiger partial charge in [0.25, 0.3) is 5.56 Å². The molecule has 0 radical (unpaired) electrons. The quantitative estimate of drug-likeness (QED) is 0.765. The lowest BCUT2D eigenvalue weighted by Gasteiger charge is -2.01. The van der Waals surface area contributed by atoms with Crippen LogP contribution in [-0.4, -0.2) is 10.2 Å². The lowest BCUT2D eigenvalue weighted by atomic mass is 10.1. The maximum absolute atomic E-state index is 11.7. The van der Waals surface area contributed by atoms with Crippen LogP contribution in [0.3, 0.4) is 0 Å². The molecule has 0 unspecified atom stereocenters. The van der Waals surface area contributed by atoms with Gasteiger partial charge in [-0.2, -0.15) is 5.10 Å². The van der Waals surface area contributed by atoms with Gasteiger partial charge in [-0.1, -0.05) is 25.1 Å². The molecule has 0 aliphatic heterocycles. The van der Waals surface area contributed by atoms with Crippen LogP contribution in [0.2, 0.25) is 0 Å². The first-order valence-electron chi connectivity index (χ1n) is 5.86. The summed E-state index contributed by atoms with van der Waals surface area (Å²) in [7, 11) is 0. The highest BCUT2D eigenvalue weighted by molar-refractivity contribution is 7.15. The zero-order valence-corrected chi connectivity index (χ0v) is 10.8. The largest absolute Gasteiger partial charge is 0.272 e. The minimum Gasteiger partial charge on any atom is -0.267 e. The highest BCUT2D eigenvalue weighted by Gasteiger charge is 2.09. The van der Waals surface area contributed by atoms with Gasteiger partial charge < -0.3 is 0 Å². The molecule has 0 saturated heterocycles. The third-order valence-electron chi connectivity index (χ3n) is 2.94. The number of benzene rings is 1. The van der Waals surface area contributed by atoms with Crippen LogP contribution in [0.5, 0.6) is 0 Å². The second kappa shape index (κ2) is 4.38. The van der Waals surface area contributed by atoms with Crippen LogP contribution in [0.25, 0.3) is 21.3 Å². The van der Waals surface area contributed by atoms with Crippen molar-refractivity contribution in [1.29, 1.82) is 0 Å². The van der Waals surface area contributed by atoms with Gasteiger partial charge in [0.15, 0.2) is 0 Å². The van der Waals surface area contributed by atoms with Crippen molar-refractivity contribution in [2.75, 3.05) is 0 Å². The summed E-state index contributed by atoms with van der Waals surface area (Å²) in [5.74, 6) is 0. The van der Waals surface area contributed by atoms with Gasteiger partial charge in [-0.05, 0) is 24.6 Å². The van der Waals surface area contributed by atoms with E-state index in [9.17, 15) is 4.79 Å². The van der Waals surface area contributed by atoms with Crippen LogP contribution in [0.1, 0.15) is 11.8 Å². The Labute approximate surface area is 108 Å². The fourth-order valence-electron chi connectivity index (χ4n) is 2.00. The molecule has 0 fully saturated rings. The highest BCUT2D eigenvalue weighted by Crippen LogP contribution is 2.30. The minimum atomic E-state index is -0.137. The predicted octanol–water partition coefficient (Wildman–Crippen LogP) is 3.21. The molecule has 3 nitrogen and oxygen atoms in total. The maximum Gasteiger partial charge on any atom is 0.272 e. The van der Waals surface area contributed by atoms with E-state index in [1.165, 1.54) is 4.88 Å². The van der Waals surface area contributed by atoms with Gasteiger partial charge in [0.05, 0.1) is 10.3 Å². The second-order valence-corrected chi connectivity index (χ2v) is 5.23. The minimum absolute atomic E-state index is 0.137. The Morgan fingerprint density at radius 1 is 1.17 bits per heavy atom. The van der Waals surface area contributed by atoms with E-state index >= 15 is 0 Å². The van der Waals surface area contributed by atoms with E-state index in [1.807, 2.05) is 24.3 Å². The fourth-order valence-corrected chi connectivity index (χ4v) is 2.95. The first kappa shape index (κ1) is 11.2. The number of hydrogen-bond donors (Lipinski definition) is 1. The van der Waals surface area contributed by atoms with E-state index < -0.39 is 0 Å². The summed E-state index contributed by atoms with van der Waals surface area (Å²) in [6.45, 7) is 2.13. The molecule has 3 rings (SSSR count). The third-order valence-corrected chi connectivity index (χ3v) is 4.18. The summed E-state index contributed by atoms with van der Waals surface area (Å²) in [6, 6.07) is 11.7. The number of nitrogens with one attached hydrogen (secondary N) is 1. The molecule has 0 aliphatic rings. The lowest BCUT2D eigenvalue weighted by molar-refractivity contribution is 1.02. The predicted molar refractivity (Wildman–Crippen MR) is 75.1 cm³/mol. The van der Waals surface area contributed by atoms with Crippen LogP contribution in [0.4, 0.5) is 0 Å². The highest BCUT2D eigenvalue weighted by atomic mass is 32.1. The number of aryl methyl sites for hydroxylation is 1. The van der Waals surface area contributed by atoms with Crippen LogP contribution in [0, 0.1) is 0 Å². The van der Waals surface area contributed by atoms with E-state index in [4.69, 9.17) is 0 Å². The summed E-state index contributed by atoms with van der Waals surface area (Å²) >= 11 is 1.72. The Bertz CT molecular complexity index is 758. The molecular weight excluding hydrogens is 244 g/mol. The first-order valence-corrected chi connectivity index (χ1v) is 6.67. The standard InChI is InChI=1S/C14H12N2OS/c1-2-9-7-8-12(18-9)13-10-5-3-4-6-11(10)14(17)16-15-13/h3-8H,2H2,1H3,(H,16,17). The van der Waals surface area contributed by atoms with E-state index in [1.54, 1.807) is 11.3 Å². The van der Waals surface area contributed by atoms with Gasteiger partial charge in [0.2, 0.25) is 0 Å². The monoisotopic (exact) mass is 256 g/mol. The average Bonchev–Trinajstić information content (AvgIpc) is 2.88. The maximum atomic E-state index is 11.7. The molecule has 0 bridgehead atoms. The molecule has 0 amide bonds. The molecule has 90 valence electrons. The van der Waals surface area contributed by atoms with Crippen molar-refractivity contribution in [3.63, 3.8) is 0 Å². The molecule has 3 aromatic rings. The molecule has 0 atom stereocenters. The number of nitrogens with zero attached hydrogens (tertiary/aromatic N) is 1. The van der Waals surface area contributed by atoms with Gasteiger partial charge in [-0.15, -0.1) is 11.3 Å². The number of H-pyrrole nitrogens is 1. The van der Waals surface area contributed by atoms with Crippen LogP contribution in [-0.2, 0) is 6.42 Å². The van der Waals surface area contributed by atoms with Gasteiger partial charge in [0.1, 0.15) is 5.69 Å². The molecule has 0 saturated carbocycles. The van der Waals surface area contributed by atoms with Crippen molar-refractivity contribution in [3.8, 4) is 10.6 Å². The summed E-state index contributed by atoms with van der Waals surface area (Å²) in [6.07, 6.45) is 1.02. The van der Waals surface area contributed by atoms with Crippen molar-refractivity contribution in [2.45, 2.75) is 13.3 Å². The smallest absolute Gasteiger partial charge is 0.267 e. The molecule has 18 heavy (non-hydrogen) atoms. The molecule has 2 heterocycles. The van der Waals surface area contributed by atoms with Crippen LogP contribution < -0.4 is 5.56 Å². The number of rotatable bonds is 2. The van der Waals surface area contributed by atoms with Crippen LogP contribution >= 0.6 is 11.3 Å². The second-order valence-electron chi connectivity index (χ2n) is 4.07. The number of aromatic nitrogens is 2. The summed E-state index contributed by atoms with van der Waals surface area (Å²) < 4.78 is 0. The average molecular weight is 256 g/mol. The number of thiophene rings is 1. The molecule has 2 aromatic heterocycles. The van der Waals surface area contributed by atoms with Gasteiger partial charge in [-0.3, -0.25) is 4.79 Å². The van der Waals surface area contributed by atoms with Crippen molar-refractivity contribution in [2.24, 2.45) is 0 Å². The van der Waals surface area contributed by atoms with Crippen molar-refractivity contribution >= 4 is 22.1 Å². The normalized spacial score (nSPS) is 10.9. The molecule has 0 aliphatic carbocycles. The van der Waals surface area contributed by atoms with Crippen molar-refractivity contribution in [3.05, 3.63) is 51.6 Å². The van der Waals surface area contributed by atoms with Crippen molar-refractivity contribution < 1.29 is 0 Å². The topological polar surface area (TPSA) is 45.8 Å². The molecular formula is C14H12N2OS. The number of fused-ring (bicyclic) bond motifs is 1. The van der Waals surface area contributed by atoms with Gasteiger partial charge in [-0.25, -0.2) is 5.10 Å². The van der Waals surface area contributed by atoms with E-state index in [0.29, 0.717) is 5.39 Å². The molecule has 4 heteroatoms. The zero-order chi connectivity index (χ0) is 12.5. The van der Waals surface area contributed by atoms with Gasteiger partial charge in [0, 0.05) is 10.3 Å². The summed E-state index contributed by atoms with van der Waals surface area (Å²) in [5.41, 5.74) is 0.719. The summed E-state index contributed by atoms with van der Waals surface area (Å²) in [5, 5.41) is 8.36. The lowest BCUT2D eigenvalue weighted by Crippen LogP contribution is -2.08. The Kier molecular flexibility index (Phi) is 2.72. The van der Waals surface area contributed by atoms with E-state index in [0.717, 1.165) is 22.4 Å². The molecule has 0 spiro atoms. The SMILES string of the molecule is CCc1ccc(-c2n[nH]c(=O)c3ccccc23)s1. The zero-order valence-electron chi connectivity index (χ0n) is 9.93. The number of aromatic amines is 1. The first-order chi connectivity index (χ1) is 8.79. The van der Waals surface area contributed by atoms with E-state index in [-0.39, 0.29) is 5.56 Å². The molecule has 1 N–H and O–H groups in total. The molecule has 1 aromatic carbocycles. The van der Waals surface area contributed by atoms with Gasteiger partial charge >= 0.3 is 0 Å². The van der Waals surface area contributed by atoms with Crippen LogP contribution in [0.15, 0.2) is 41.2 Å². The Balaban J connectivity index is 2.29. The fraction of sp³-hybridized carbons (Fsp3) is 0.143. The summed E-state index contributed by atoms with van der Waals surface area (Å²) in [4.78, 5) is 14.1. The Morgan fingerprint density at radius 3 is 2.67 bits per heavy atom. The third kappa shape index (κ3) is 1.75. The number of hydrogen-bond acceptors (Lipinski definition) is 3.